The second-order valence-corrected chi connectivity index (χ2v) is 4.38. The van der Waals surface area contributed by atoms with E-state index < -0.39 is 0 Å². The number of anilines is 1. The van der Waals surface area contributed by atoms with Crippen LogP contribution in [0, 0.1) is 0 Å². The van der Waals surface area contributed by atoms with E-state index in [1.54, 1.807) is 0 Å². The third kappa shape index (κ3) is 1.90. The Kier molecular flexibility index (Phi) is 2.63. The zero-order valence-electron chi connectivity index (χ0n) is 10.3. The van der Waals surface area contributed by atoms with Crippen molar-refractivity contribution in [2.24, 2.45) is 0 Å². The van der Waals surface area contributed by atoms with Gasteiger partial charge in [-0.2, -0.15) is 0 Å². The van der Waals surface area contributed by atoms with Crippen LogP contribution < -0.4 is 10.5 Å². The summed E-state index contributed by atoms with van der Waals surface area (Å²) in [6.07, 6.45) is 1.81. The minimum Gasteiger partial charge on any atom is -0.493 e. The molecule has 92 valence electrons. The third-order valence-corrected chi connectivity index (χ3v) is 3.11. The molecule has 0 radical (unpaired) electrons. The summed E-state index contributed by atoms with van der Waals surface area (Å²) in [7, 11) is 0. The first-order valence-corrected chi connectivity index (χ1v) is 6.16. The highest BCUT2D eigenvalue weighted by Crippen LogP contribution is 2.29. The number of hydrogen-bond donors (Lipinski definition) is 1. The molecular formula is C14H15N3O. The molecule has 18 heavy (non-hydrogen) atoms. The van der Waals surface area contributed by atoms with Crippen molar-refractivity contribution in [3.63, 3.8) is 0 Å². The minimum absolute atomic E-state index is 0.522. The van der Waals surface area contributed by atoms with Gasteiger partial charge in [0.15, 0.2) is 5.82 Å². The van der Waals surface area contributed by atoms with Gasteiger partial charge in [0.1, 0.15) is 11.6 Å². The molecule has 1 aromatic heterocycles. The highest BCUT2D eigenvalue weighted by atomic mass is 16.5. The molecule has 4 heteroatoms. The maximum Gasteiger partial charge on any atom is 0.161 e. The first-order chi connectivity index (χ1) is 8.76. The lowest BCUT2D eigenvalue weighted by Crippen LogP contribution is -1.99. The van der Waals surface area contributed by atoms with Crippen LogP contribution in [0.3, 0.4) is 0 Å². The molecule has 0 amide bonds. The summed E-state index contributed by atoms with van der Waals surface area (Å²) in [4.78, 5) is 8.82. The maximum atomic E-state index is 5.81. The fourth-order valence-corrected chi connectivity index (χ4v) is 2.15. The van der Waals surface area contributed by atoms with Gasteiger partial charge in [0.25, 0.3) is 0 Å². The monoisotopic (exact) mass is 241 g/mol. The van der Waals surface area contributed by atoms with E-state index in [2.05, 4.69) is 23.0 Å². The highest BCUT2D eigenvalue weighted by molar-refractivity contribution is 5.61. The van der Waals surface area contributed by atoms with Gasteiger partial charge in [-0.25, -0.2) is 9.97 Å². The van der Waals surface area contributed by atoms with Crippen molar-refractivity contribution in [1.29, 1.82) is 0 Å². The Bertz CT molecular complexity index is 596. The summed E-state index contributed by atoms with van der Waals surface area (Å²) in [5.74, 6) is 2.19. The number of aryl methyl sites for hydroxylation is 1. The van der Waals surface area contributed by atoms with Crippen LogP contribution in [0.25, 0.3) is 11.4 Å². The number of fused-ring (bicyclic) bond motifs is 1. The Labute approximate surface area is 106 Å². The predicted octanol–water partition coefficient (Wildman–Crippen LogP) is 2.22. The van der Waals surface area contributed by atoms with Gasteiger partial charge >= 0.3 is 0 Å². The van der Waals surface area contributed by atoms with Gasteiger partial charge in [-0.05, 0) is 30.2 Å². The largest absolute Gasteiger partial charge is 0.493 e. The first-order valence-electron chi connectivity index (χ1n) is 6.16. The Hall–Kier alpha value is -2.10. The molecule has 0 fully saturated rings. The fraction of sp³-hybridized carbons (Fsp3) is 0.286. The average molecular weight is 241 g/mol. The minimum atomic E-state index is 0.522. The van der Waals surface area contributed by atoms with Crippen molar-refractivity contribution in [3.8, 4) is 17.1 Å². The number of nitrogen functional groups attached to an aromatic ring is 1. The molecular weight excluding hydrogens is 226 g/mol. The Morgan fingerprint density at radius 1 is 1.28 bits per heavy atom. The molecule has 2 N–H and O–H groups in total. The summed E-state index contributed by atoms with van der Waals surface area (Å²) >= 11 is 0. The topological polar surface area (TPSA) is 61.0 Å². The lowest BCUT2D eigenvalue weighted by molar-refractivity contribution is 0.357. The van der Waals surface area contributed by atoms with Crippen LogP contribution >= 0.6 is 0 Å². The van der Waals surface area contributed by atoms with Crippen molar-refractivity contribution >= 4 is 5.82 Å². The molecule has 0 bridgehead atoms. The van der Waals surface area contributed by atoms with Crippen LogP contribution in [0.4, 0.5) is 5.82 Å². The third-order valence-electron chi connectivity index (χ3n) is 3.11. The smallest absolute Gasteiger partial charge is 0.161 e. The Morgan fingerprint density at radius 3 is 3.00 bits per heavy atom. The van der Waals surface area contributed by atoms with Crippen molar-refractivity contribution < 1.29 is 4.74 Å². The van der Waals surface area contributed by atoms with E-state index in [0.717, 1.165) is 36.5 Å². The number of benzene rings is 1. The molecule has 2 aromatic rings. The van der Waals surface area contributed by atoms with Gasteiger partial charge < -0.3 is 10.5 Å². The molecule has 0 unspecified atom stereocenters. The van der Waals surface area contributed by atoms with E-state index in [-0.39, 0.29) is 0 Å². The van der Waals surface area contributed by atoms with Crippen LogP contribution in [0.1, 0.15) is 18.2 Å². The van der Waals surface area contributed by atoms with E-state index in [4.69, 9.17) is 10.5 Å². The predicted molar refractivity (Wildman–Crippen MR) is 70.5 cm³/mol. The highest BCUT2D eigenvalue weighted by Gasteiger charge is 2.14. The molecule has 3 rings (SSSR count). The Morgan fingerprint density at radius 2 is 2.17 bits per heavy atom. The van der Waals surface area contributed by atoms with Crippen molar-refractivity contribution in [1.82, 2.24) is 9.97 Å². The van der Waals surface area contributed by atoms with Gasteiger partial charge in [0, 0.05) is 23.7 Å². The number of nitrogens with two attached hydrogens (primary N) is 1. The van der Waals surface area contributed by atoms with Gasteiger partial charge in [0.05, 0.1) is 6.61 Å². The number of aromatic nitrogens is 2. The second-order valence-electron chi connectivity index (χ2n) is 4.38. The normalized spacial score (nSPS) is 13.2. The van der Waals surface area contributed by atoms with Gasteiger partial charge in [0.2, 0.25) is 0 Å². The Balaban J connectivity index is 2.06. The number of ether oxygens (including phenoxy) is 1. The molecule has 1 aliphatic rings. The van der Waals surface area contributed by atoms with E-state index in [0.29, 0.717) is 11.6 Å². The molecule has 0 saturated heterocycles. The number of rotatable bonds is 2. The van der Waals surface area contributed by atoms with Crippen LogP contribution in [-0.4, -0.2) is 16.6 Å². The summed E-state index contributed by atoms with van der Waals surface area (Å²) in [5.41, 5.74) is 9.00. The molecule has 1 aliphatic heterocycles. The zero-order valence-corrected chi connectivity index (χ0v) is 10.3. The number of hydrogen-bond acceptors (Lipinski definition) is 4. The molecule has 0 spiro atoms. The van der Waals surface area contributed by atoms with E-state index in [1.165, 1.54) is 5.56 Å². The van der Waals surface area contributed by atoms with E-state index in [1.807, 2.05) is 18.2 Å². The molecule has 4 nitrogen and oxygen atoms in total. The van der Waals surface area contributed by atoms with Crippen LogP contribution in [-0.2, 0) is 12.8 Å². The van der Waals surface area contributed by atoms with E-state index in [9.17, 15) is 0 Å². The van der Waals surface area contributed by atoms with Crippen molar-refractivity contribution in [2.75, 3.05) is 12.3 Å². The average Bonchev–Trinajstić information content (AvgIpc) is 2.85. The molecule has 0 aliphatic carbocycles. The molecule has 0 atom stereocenters. The van der Waals surface area contributed by atoms with Crippen LogP contribution in [0.15, 0.2) is 24.3 Å². The molecule has 0 saturated carbocycles. The molecule has 1 aromatic carbocycles. The van der Waals surface area contributed by atoms with E-state index >= 15 is 0 Å². The van der Waals surface area contributed by atoms with Crippen LogP contribution in [0.2, 0.25) is 0 Å². The summed E-state index contributed by atoms with van der Waals surface area (Å²) in [6.45, 7) is 2.82. The van der Waals surface area contributed by atoms with Crippen molar-refractivity contribution in [2.45, 2.75) is 19.8 Å². The standard InChI is InChI=1S/C14H15N3O/c1-2-11-8-13(15)17-14(16-11)10-3-4-12-9(7-10)5-6-18-12/h3-4,7-8H,2,5-6H2,1H3,(H2,15,16,17). The van der Waals surface area contributed by atoms with Crippen molar-refractivity contribution in [3.05, 3.63) is 35.5 Å². The first kappa shape index (κ1) is 11.0. The maximum absolute atomic E-state index is 5.81. The summed E-state index contributed by atoms with van der Waals surface area (Å²) < 4.78 is 5.49. The van der Waals surface area contributed by atoms with Gasteiger partial charge in [-0.3, -0.25) is 0 Å². The fourth-order valence-electron chi connectivity index (χ4n) is 2.15. The summed E-state index contributed by atoms with van der Waals surface area (Å²) in [6, 6.07) is 7.88. The zero-order chi connectivity index (χ0) is 12.5. The lowest BCUT2D eigenvalue weighted by Gasteiger charge is -2.06. The van der Waals surface area contributed by atoms with Crippen LogP contribution in [0.5, 0.6) is 5.75 Å². The quantitative estimate of drug-likeness (QED) is 0.875. The SMILES string of the molecule is CCc1cc(N)nc(-c2ccc3c(c2)CCO3)n1. The van der Waals surface area contributed by atoms with Gasteiger partial charge in [-0.1, -0.05) is 6.92 Å². The second kappa shape index (κ2) is 4.29. The number of nitrogens with zero attached hydrogens (tertiary/aromatic N) is 2. The van der Waals surface area contributed by atoms with Gasteiger partial charge in [-0.15, -0.1) is 0 Å². The molecule has 2 heterocycles. The lowest BCUT2D eigenvalue weighted by atomic mass is 10.1. The summed E-state index contributed by atoms with van der Waals surface area (Å²) in [5, 5.41) is 0.